The van der Waals surface area contributed by atoms with Crippen molar-refractivity contribution in [3.8, 4) is 0 Å². The molecule has 16 heteroatoms. The molecule has 0 spiro atoms. The summed E-state index contributed by atoms with van der Waals surface area (Å²) in [6, 6.07) is 0. The van der Waals surface area contributed by atoms with Crippen LogP contribution in [0.25, 0.3) is 0 Å². The first kappa shape index (κ1) is 43.0. The van der Waals surface area contributed by atoms with Crippen LogP contribution >= 0.6 is 0 Å². The molecule has 0 bridgehead atoms. The molecule has 0 amide bonds. The van der Waals surface area contributed by atoms with Crippen LogP contribution in [0.1, 0.15) is 34.6 Å². The minimum Gasteiger partial charge on any atom is -0.480 e. The van der Waals surface area contributed by atoms with E-state index in [0.717, 1.165) is 58.6 Å². The maximum atomic E-state index is 11.6. The number of cyclic esters (lactones) is 2. The zero-order valence-corrected chi connectivity index (χ0v) is 28.4. The summed E-state index contributed by atoms with van der Waals surface area (Å²) in [7, 11) is 0. The molecule has 0 atom stereocenters. The number of morpholine rings is 1. The quantitative estimate of drug-likeness (QED) is 0.0682. The van der Waals surface area contributed by atoms with Crippen molar-refractivity contribution in [1.29, 1.82) is 0 Å². The lowest BCUT2D eigenvalue weighted by Crippen LogP contribution is -2.48. The van der Waals surface area contributed by atoms with Gasteiger partial charge in [-0.3, -0.25) is 43.6 Å². The van der Waals surface area contributed by atoms with E-state index in [0.29, 0.717) is 6.54 Å². The van der Waals surface area contributed by atoms with Crippen LogP contribution in [-0.4, -0.2) is 200 Å². The zero-order valence-electron chi connectivity index (χ0n) is 28.4. The highest BCUT2D eigenvalue weighted by Gasteiger charge is 2.25. The number of carboxylic acid groups (broad SMARTS) is 2. The van der Waals surface area contributed by atoms with E-state index in [1.165, 1.54) is 14.7 Å². The molecular weight excluding hydrogens is 604 g/mol. The van der Waals surface area contributed by atoms with E-state index in [4.69, 9.17) is 14.9 Å². The number of ether oxygens (including phenoxy) is 2. The Morgan fingerprint density at radius 3 is 1.63 bits per heavy atom. The second-order valence-electron chi connectivity index (χ2n) is 10.7. The minimum absolute atomic E-state index is 0.0688. The Bertz CT molecular complexity index is 905. The topological polar surface area (TPSA) is 181 Å². The molecule has 0 aromatic rings. The summed E-state index contributed by atoms with van der Waals surface area (Å²) in [5.41, 5.74) is 0. The van der Waals surface area contributed by atoms with Gasteiger partial charge in [-0.15, -0.1) is 0 Å². The molecule has 16 nitrogen and oxygen atoms in total. The lowest BCUT2D eigenvalue weighted by atomic mass is 10.3. The van der Waals surface area contributed by atoms with Crippen LogP contribution < -0.4 is 0 Å². The van der Waals surface area contributed by atoms with Gasteiger partial charge < -0.3 is 34.3 Å². The van der Waals surface area contributed by atoms with Crippen molar-refractivity contribution in [3.05, 3.63) is 0 Å². The molecule has 46 heavy (non-hydrogen) atoms. The lowest BCUT2D eigenvalue weighted by molar-refractivity contribution is -0.167. The molecule has 1 saturated heterocycles. The van der Waals surface area contributed by atoms with E-state index in [-0.39, 0.29) is 59.0 Å². The SMILES string of the molecule is CCN(CC)CCN(CC)CCN(CC)CC=O.CCOC(=O)CN(CCN(CCN1CC(=O)OC(=O)C1)CC(=O)O)CC(=O)O. The Labute approximate surface area is 273 Å². The number of carbonyl (C=O) groups is 6. The van der Waals surface area contributed by atoms with Gasteiger partial charge in [0, 0.05) is 52.4 Å². The minimum atomic E-state index is -1.13. The first-order chi connectivity index (χ1) is 21.9. The van der Waals surface area contributed by atoms with Crippen LogP contribution in [0.5, 0.6) is 0 Å². The van der Waals surface area contributed by atoms with Crippen molar-refractivity contribution >= 4 is 36.1 Å². The predicted octanol–water partition coefficient (Wildman–Crippen LogP) is -1.12. The standard InChI is InChI=1S/C16H25N3O9.C14H31N3O/c1-2-27-14(24)9-18(8-13(22)23)5-3-17(7-12(20)21)4-6-19-10-15(25)28-16(26)11-19;1-5-15(6-2)9-10-16(7-3)11-12-17(8-4)13-14-18/h2-11H2,1H3,(H,20,21)(H,22,23);14H,5-13H2,1-4H3. The summed E-state index contributed by atoms with van der Waals surface area (Å²) in [5.74, 6) is -4.10. The number of carbonyl (C=O) groups excluding carboxylic acids is 4. The molecular formula is C30H56N6O10. The van der Waals surface area contributed by atoms with Gasteiger partial charge in [-0.1, -0.05) is 27.7 Å². The molecule has 0 saturated carbocycles. The largest absolute Gasteiger partial charge is 0.480 e. The second-order valence-corrected chi connectivity index (χ2v) is 10.7. The van der Waals surface area contributed by atoms with Crippen molar-refractivity contribution in [1.82, 2.24) is 29.4 Å². The lowest BCUT2D eigenvalue weighted by Gasteiger charge is -2.29. The highest BCUT2D eigenvalue weighted by Crippen LogP contribution is 2.02. The number of hydrogen-bond acceptors (Lipinski definition) is 14. The second kappa shape index (κ2) is 26.1. The zero-order chi connectivity index (χ0) is 34.9. The van der Waals surface area contributed by atoms with Crippen LogP contribution in [0.2, 0.25) is 0 Å². The molecule has 1 heterocycles. The van der Waals surface area contributed by atoms with Crippen molar-refractivity contribution in [3.63, 3.8) is 0 Å². The predicted molar refractivity (Wildman–Crippen MR) is 170 cm³/mol. The molecule has 1 aliphatic rings. The molecule has 0 aromatic carbocycles. The number of rotatable bonds is 25. The van der Waals surface area contributed by atoms with Crippen LogP contribution in [0, 0.1) is 0 Å². The Hall–Kier alpha value is -3.02. The highest BCUT2D eigenvalue weighted by molar-refractivity contribution is 5.90. The smallest absolute Gasteiger partial charge is 0.327 e. The fraction of sp³-hybridized carbons (Fsp3) is 0.800. The number of carboxylic acids is 2. The summed E-state index contributed by atoms with van der Waals surface area (Å²) in [5, 5.41) is 18.0. The highest BCUT2D eigenvalue weighted by atomic mass is 16.6. The molecule has 0 aliphatic carbocycles. The average molecular weight is 661 g/mol. The van der Waals surface area contributed by atoms with Gasteiger partial charge in [0.05, 0.1) is 45.9 Å². The van der Waals surface area contributed by atoms with Crippen molar-refractivity contribution in [2.75, 3.05) is 124 Å². The van der Waals surface area contributed by atoms with Gasteiger partial charge in [-0.05, 0) is 33.1 Å². The first-order valence-corrected chi connectivity index (χ1v) is 16.0. The summed E-state index contributed by atoms with van der Waals surface area (Å²) >= 11 is 0. The maximum absolute atomic E-state index is 11.6. The van der Waals surface area contributed by atoms with Gasteiger partial charge in [-0.25, -0.2) is 0 Å². The van der Waals surface area contributed by atoms with E-state index in [2.05, 4.69) is 47.1 Å². The van der Waals surface area contributed by atoms with Crippen LogP contribution in [0.4, 0.5) is 0 Å². The van der Waals surface area contributed by atoms with Crippen LogP contribution in [-0.2, 0) is 38.2 Å². The number of likely N-dealkylation sites (N-methyl/N-ethyl adjacent to an activating group) is 3. The van der Waals surface area contributed by atoms with Gasteiger partial charge in [-0.2, -0.15) is 0 Å². The third-order valence-electron chi connectivity index (χ3n) is 7.36. The normalized spacial score (nSPS) is 13.7. The third-order valence-corrected chi connectivity index (χ3v) is 7.36. The summed E-state index contributed by atoms with van der Waals surface area (Å²) in [4.78, 5) is 78.3. The molecule has 1 fully saturated rings. The van der Waals surface area contributed by atoms with Crippen LogP contribution in [0.15, 0.2) is 0 Å². The summed E-state index contributed by atoms with van der Waals surface area (Å²) in [6.07, 6.45) is 0.996. The maximum Gasteiger partial charge on any atom is 0.327 e. The molecule has 1 rings (SSSR count). The monoisotopic (exact) mass is 660 g/mol. The fourth-order valence-corrected chi connectivity index (χ4v) is 4.61. The van der Waals surface area contributed by atoms with Gasteiger partial charge in [0.15, 0.2) is 0 Å². The van der Waals surface area contributed by atoms with Gasteiger partial charge in [0.1, 0.15) is 6.29 Å². The third kappa shape index (κ3) is 21.7. The number of hydrogen-bond donors (Lipinski definition) is 2. The Morgan fingerprint density at radius 2 is 1.15 bits per heavy atom. The Morgan fingerprint density at radius 1 is 0.696 bits per heavy atom. The fourth-order valence-electron chi connectivity index (χ4n) is 4.61. The summed E-state index contributed by atoms with van der Waals surface area (Å²) < 4.78 is 9.24. The molecule has 2 N–H and O–H groups in total. The van der Waals surface area contributed by atoms with Crippen molar-refractivity contribution < 1.29 is 48.5 Å². The van der Waals surface area contributed by atoms with Gasteiger partial charge in [0.2, 0.25) is 0 Å². The Balaban J connectivity index is 0.000000973. The molecule has 266 valence electrons. The first-order valence-electron chi connectivity index (χ1n) is 16.0. The Kier molecular flexibility index (Phi) is 24.4. The van der Waals surface area contributed by atoms with Gasteiger partial charge >= 0.3 is 29.8 Å². The average Bonchev–Trinajstić information content (AvgIpc) is 2.99. The molecule has 0 radical (unpaired) electrons. The van der Waals surface area contributed by atoms with Crippen LogP contribution in [0.3, 0.4) is 0 Å². The van der Waals surface area contributed by atoms with Crippen molar-refractivity contribution in [2.45, 2.75) is 34.6 Å². The summed E-state index contributed by atoms with van der Waals surface area (Å²) in [6.45, 7) is 19.4. The molecule has 1 aliphatic heterocycles. The van der Waals surface area contributed by atoms with Gasteiger partial charge in [0.25, 0.3) is 0 Å². The van der Waals surface area contributed by atoms with E-state index >= 15 is 0 Å². The van der Waals surface area contributed by atoms with E-state index in [9.17, 15) is 28.8 Å². The molecule has 0 aromatic heterocycles. The van der Waals surface area contributed by atoms with E-state index < -0.39 is 36.4 Å². The number of nitrogens with zero attached hydrogens (tertiary/aromatic N) is 6. The number of esters is 3. The van der Waals surface area contributed by atoms with Crippen molar-refractivity contribution in [2.24, 2.45) is 0 Å². The number of aldehydes is 1. The van der Waals surface area contributed by atoms with E-state index in [1.807, 2.05) is 0 Å². The van der Waals surface area contributed by atoms with E-state index in [1.54, 1.807) is 6.92 Å². The number of aliphatic carboxylic acids is 2. The molecule has 0 unspecified atom stereocenters.